The number of carbonyl (C=O) groups is 4. The van der Waals surface area contributed by atoms with Crippen molar-refractivity contribution < 1.29 is 32.3 Å². The van der Waals surface area contributed by atoms with Crippen LogP contribution in [-0.4, -0.2) is 233 Å². The lowest BCUT2D eigenvalue weighted by Crippen LogP contribution is -2.58. The van der Waals surface area contributed by atoms with E-state index in [4.69, 9.17) is 9.88 Å². The number of rotatable bonds is 21. The van der Waals surface area contributed by atoms with Crippen molar-refractivity contribution in [2.75, 3.05) is 111 Å². The lowest BCUT2D eigenvalue weighted by atomic mass is 10.1. The number of primary sulfonamides is 1. The van der Waals surface area contributed by atoms with E-state index in [1.165, 1.54) is 23.5 Å². The van der Waals surface area contributed by atoms with E-state index in [-0.39, 0.29) is 52.4 Å². The van der Waals surface area contributed by atoms with Crippen LogP contribution in [0.5, 0.6) is 0 Å². The third-order valence-corrected chi connectivity index (χ3v) is 21.8. The monoisotopic (exact) mass is 1780 g/mol. The summed E-state index contributed by atoms with van der Waals surface area (Å²) in [6.07, 6.45) is 17.5. The van der Waals surface area contributed by atoms with Gasteiger partial charge in [-0.25, -0.2) is 66.8 Å². The van der Waals surface area contributed by atoms with Gasteiger partial charge in [0.15, 0.2) is 5.82 Å². The molecule has 12 N–H and O–H groups in total. The molecule has 8 aromatic heterocycles. The van der Waals surface area contributed by atoms with Crippen molar-refractivity contribution in [2.45, 2.75) is 161 Å². The molecule has 4 aliphatic rings. The van der Waals surface area contributed by atoms with Crippen LogP contribution in [0.15, 0.2) is 201 Å². The molecular weight excluding hydrogens is 1660 g/mol. The van der Waals surface area contributed by atoms with Crippen LogP contribution in [0.1, 0.15) is 109 Å². The molecule has 40 nitrogen and oxygen atoms in total. The SMILES string of the molecule is CC(=O)N1[C@H](C)CN(c2cc(-n3cnc(Nc4ccc(N(C)C(=O)OC(C)(C)C)cc4)n3)ccn2)C[C@@H]1C.CC(=O)N1[C@H](C)CN(c2cc(-n3cnc(Nc4ccc(NC(=O)NC(C)(C)C)cc4)n3)ccn2)C[C@@H]1C.NS(=O)(=O)c1ccc(Nc2ncn(-c3ccnc(NC4CCCNC4)c3)n2)cc1.c1ccc(Nc2ncn(-c3cc(NC4CCCNC4)ncn3)n2)cc1. The summed E-state index contributed by atoms with van der Waals surface area (Å²) in [4.78, 5) is 97.5. The zero-order chi connectivity index (χ0) is 91.5. The number of para-hydroxylation sites is 1. The Labute approximate surface area is 749 Å². The Morgan fingerprint density at radius 1 is 0.473 bits per heavy atom. The standard InChI is InChI=1S/C27H36N8O3.C26H35N9O2.C18H22N8O2S.C17H20N8/c1-18-15-33(16-19(2)35(18)20(3)36)24-14-23(12-13-28-24)34-17-29-25(31-34)30-21-8-10-22(11-9-21)32(7)26(37)38-27(4,5)6;1-17-14-33(15-18(2)35(17)19(3)36)23-13-22(11-12-27-23)34-16-28-24(32-34)29-20-7-9-21(10-8-20)30-25(37)31-26(4,5)6;19-29(27,28)16-5-3-13(4-6-16)24-18-22-12-26(25-18)15-7-9-21-17(10-15)23-14-2-1-8-20-11-14;1-2-5-13(6-3-1)23-17-21-12-25(24-17)16-9-15(19-11-20-16)22-14-7-4-8-18-10-14/h8-14,17-19H,15-16H2,1-7H3,(H,30,31);7-13,16-18H,14-15H2,1-6H3,(H,29,32)(H2,30,31,37);3-7,9-10,12,14,20H,1-2,8,11H2,(H,21,23)(H,24,25)(H2,19,27,28);1-3,5-6,9,11-12,14,18H,4,7-8,10H2,(H,23,24)(H,19,20,22)/t18-,19+;17-,18+;;. The molecule has 4 aliphatic heterocycles. The molecule has 0 radical (unpaired) electrons. The number of benzene rings is 4. The number of anilines is 14. The van der Waals surface area contributed by atoms with Crippen LogP contribution >= 0.6 is 0 Å². The predicted molar refractivity (Wildman–Crippen MR) is 498 cm³/mol. The fourth-order valence-electron chi connectivity index (χ4n) is 15.1. The Morgan fingerprint density at radius 2 is 0.876 bits per heavy atom. The Kier molecular flexibility index (Phi) is 30.0. The van der Waals surface area contributed by atoms with Gasteiger partial charge in [-0.15, -0.1) is 20.4 Å². The number of ether oxygens (including phenoxy) is 1. The summed E-state index contributed by atoms with van der Waals surface area (Å²) >= 11 is 0. The van der Waals surface area contributed by atoms with Crippen LogP contribution in [-0.2, 0) is 24.3 Å². The number of nitrogens with two attached hydrogens (primary N) is 1. The van der Waals surface area contributed by atoms with Crippen LogP contribution in [0.2, 0.25) is 0 Å². The zero-order valence-corrected chi connectivity index (χ0v) is 75.4. The molecule has 16 rings (SSSR count). The van der Waals surface area contributed by atoms with E-state index in [0.717, 1.165) is 103 Å². The van der Waals surface area contributed by atoms with E-state index < -0.39 is 21.7 Å². The number of nitrogens with one attached hydrogen (secondary N) is 10. The van der Waals surface area contributed by atoms with Crippen LogP contribution in [0.4, 0.5) is 90.8 Å². The van der Waals surface area contributed by atoms with Gasteiger partial charge in [-0.1, -0.05) is 18.2 Å². The fraction of sp³-hybridized carbons (Fsp3) is 0.375. The highest BCUT2D eigenvalue weighted by Crippen LogP contribution is 2.29. The molecule has 5 amide bonds. The summed E-state index contributed by atoms with van der Waals surface area (Å²) in [5.41, 5.74) is 6.18. The lowest BCUT2D eigenvalue weighted by molar-refractivity contribution is -0.134. The molecule has 0 spiro atoms. The second kappa shape index (κ2) is 41.9. The van der Waals surface area contributed by atoms with Gasteiger partial charge in [0.1, 0.15) is 60.5 Å². The molecule has 129 heavy (non-hydrogen) atoms. The number of nitrogens with zero attached hydrogens (tertiary/aromatic N) is 22. The molecule has 0 aliphatic carbocycles. The van der Waals surface area contributed by atoms with Crippen LogP contribution in [0, 0.1) is 0 Å². The molecule has 0 saturated carbocycles. The Hall–Kier alpha value is -14.3. The number of sulfonamides is 1. The third-order valence-electron chi connectivity index (χ3n) is 20.9. The fourth-order valence-corrected chi connectivity index (χ4v) is 15.7. The van der Waals surface area contributed by atoms with Gasteiger partial charge >= 0.3 is 12.1 Å². The topological polar surface area (TPSA) is 461 Å². The van der Waals surface area contributed by atoms with Crippen molar-refractivity contribution in [3.05, 3.63) is 196 Å². The second-order valence-corrected chi connectivity index (χ2v) is 35.4. The van der Waals surface area contributed by atoms with Gasteiger partial charge in [-0.3, -0.25) is 14.5 Å². The number of carbonyl (C=O) groups excluding carboxylic acids is 4. The van der Waals surface area contributed by atoms with E-state index >= 15 is 0 Å². The third kappa shape index (κ3) is 26.4. The van der Waals surface area contributed by atoms with E-state index in [1.54, 1.807) is 102 Å². The van der Waals surface area contributed by atoms with Gasteiger partial charge in [0.2, 0.25) is 45.6 Å². The maximum atomic E-state index is 12.3. The molecule has 4 saturated heterocycles. The van der Waals surface area contributed by atoms with Crippen LogP contribution in [0.25, 0.3) is 22.9 Å². The normalized spacial score (nSPS) is 17.5. The summed E-state index contributed by atoms with van der Waals surface area (Å²) in [7, 11) is -2.04. The first-order valence-corrected chi connectivity index (χ1v) is 44.2. The number of amides is 5. The number of pyridine rings is 3. The van der Waals surface area contributed by atoms with Gasteiger partial charge in [-0.05, 0) is 211 Å². The Balaban J connectivity index is 0.000000149. The highest BCUT2D eigenvalue weighted by atomic mass is 32.2. The molecular formula is C88H113N33O7S. The number of piperazine rings is 2. The lowest BCUT2D eigenvalue weighted by Gasteiger charge is -2.44. The molecule has 678 valence electrons. The predicted octanol–water partition coefficient (Wildman–Crippen LogP) is 11.2. The number of piperidine rings is 2. The summed E-state index contributed by atoms with van der Waals surface area (Å²) in [6, 6.07) is 44.8. The zero-order valence-electron chi connectivity index (χ0n) is 74.6. The number of hydrogen-bond acceptors (Lipinski definition) is 30. The second-order valence-electron chi connectivity index (χ2n) is 33.8. The molecule has 41 heteroatoms. The summed E-state index contributed by atoms with van der Waals surface area (Å²) in [5.74, 6) is 5.92. The van der Waals surface area contributed by atoms with Crippen molar-refractivity contribution in [3.8, 4) is 22.9 Å². The number of urea groups is 1. The van der Waals surface area contributed by atoms with Crippen LogP contribution in [0.3, 0.4) is 0 Å². The Morgan fingerprint density at radius 3 is 1.30 bits per heavy atom. The highest BCUT2D eigenvalue weighted by Gasteiger charge is 2.34. The van der Waals surface area contributed by atoms with E-state index in [2.05, 4.69) is 156 Å². The van der Waals surface area contributed by atoms with E-state index in [0.29, 0.717) is 84.9 Å². The van der Waals surface area contributed by atoms with E-state index in [9.17, 15) is 27.6 Å². The van der Waals surface area contributed by atoms with Gasteiger partial charge in [0.25, 0.3) is 0 Å². The minimum atomic E-state index is -3.72. The first kappa shape index (κ1) is 92.4. The van der Waals surface area contributed by atoms with Gasteiger partial charge < -0.3 is 77.5 Å². The van der Waals surface area contributed by atoms with Crippen molar-refractivity contribution in [1.29, 1.82) is 0 Å². The minimum Gasteiger partial charge on any atom is -0.443 e. The quantitative estimate of drug-likeness (QED) is 0.0318. The molecule has 12 aromatic rings. The molecule has 0 bridgehead atoms. The van der Waals surface area contributed by atoms with Crippen molar-refractivity contribution in [2.24, 2.45) is 5.14 Å². The number of hydrogen-bond donors (Lipinski definition) is 11. The molecule has 12 heterocycles. The van der Waals surface area contributed by atoms with Crippen molar-refractivity contribution in [1.82, 2.24) is 110 Å². The van der Waals surface area contributed by atoms with Gasteiger partial charge in [0, 0.05) is 179 Å². The maximum absolute atomic E-state index is 12.3. The average Bonchev–Trinajstić information content (AvgIpc) is 1.64. The smallest absolute Gasteiger partial charge is 0.414 e. The summed E-state index contributed by atoms with van der Waals surface area (Å²) in [5, 5.41) is 55.0. The first-order chi connectivity index (χ1) is 61.7. The van der Waals surface area contributed by atoms with Crippen molar-refractivity contribution in [3.63, 3.8) is 0 Å². The Bertz CT molecular complexity index is 5810. The first-order valence-electron chi connectivity index (χ1n) is 42.7. The van der Waals surface area contributed by atoms with Gasteiger partial charge in [-0.2, -0.15) is 19.9 Å². The molecule has 4 fully saturated rings. The maximum Gasteiger partial charge on any atom is 0.414 e. The summed E-state index contributed by atoms with van der Waals surface area (Å²) < 4.78 is 34.8. The number of aromatic nitrogens is 17. The summed E-state index contributed by atoms with van der Waals surface area (Å²) in [6.45, 7) is 29.7. The van der Waals surface area contributed by atoms with Gasteiger partial charge in [0.05, 0.1) is 22.0 Å². The van der Waals surface area contributed by atoms with Crippen molar-refractivity contribution >= 4 is 115 Å². The molecule has 2 unspecified atom stereocenters. The molecule has 6 atom stereocenters. The van der Waals surface area contributed by atoms with E-state index in [1.807, 2.05) is 173 Å². The minimum absolute atomic E-state index is 0.0477. The molecule has 4 aromatic carbocycles. The highest BCUT2D eigenvalue weighted by molar-refractivity contribution is 7.89. The largest absolute Gasteiger partial charge is 0.443 e. The van der Waals surface area contributed by atoms with Crippen LogP contribution < -0.4 is 73.0 Å². The average molecular weight is 1780 g/mol.